The summed E-state index contributed by atoms with van der Waals surface area (Å²) in [4.78, 5) is 18.0. The molecule has 8 heteroatoms. The van der Waals surface area contributed by atoms with Crippen molar-refractivity contribution in [2.24, 2.45) is 0 Å². The normalized spacial score (nSPS) is 11.2. The quantitative estimate of drug-likeness (QED) is 0.503. The number of nitrogens with zero attached hydrogens (tertiary/aromatic N) is 6. The minimum Gasteiger partial charge on any atom is -0.384 e. The number of anilines is 3. The number of nitrogens with one attached hydrogen (secondary N) is 1. The van der Waals surface area contributed by atoms with Gasteiger partial charge in [-0.1, -0.05) is 18.2 Å². The van der Waals surface area contributed by atoms with Gasteiger partial charge < -0.3 is 11.1 Å². The van der Waals surface area contributed by atoms with E-state index < -0.39 is 0 Å². The lowest BCUT2D eigenvalue weighted by molar-refractivity contribution is 0.932. The van der Waals surface area contributed by atoms with Gasteiger partial charge in [-0.25, -0.2) is 24.5 Å². The van der Waals surface area contributed by atoms with Gasteiger partial charge in [-0.3, -0.25) is 0 Å². The van der Waals surface area contributed by atoms with Crippen molar-refractivity contribution in [2.45, 2.75) is 6.92 Å². The molecular formula is C20H16N8. The van der Waals surface area contributed by atoms with Crippen LogP contribution >= 0.6 is 0 Å². The first-order valence-corrected chi connectivity index (χ1v) is 8.75. The highest BCUT2D eigenvalue weighted by atomic mass is 15.3. The van der Waals surface area contributed by atoms with E-state index >= 15 is 0 Å². The predicted octanol–water partition coefficient (Wildman–Crippen LogP) is 3.37. The molecule has 4 aromatic heterocycles. The second-order valence-corrected chi connectivity index (χ2v) is 6.34. The first-order chi connectivity index (χ1) is 13.7. The second kappa shape index (κ2) is 6.27. The number of para-hydroxylation sites is 1. The summed E-state index contributed by atoms with van der Waals surface area (Å²) in [5, 5.41) is 8.80. The third-order valence-electron chi connectivity index (χ3n) is 4.34. The van der Waals surface area contributed by atoms with Crippen molar-refractivity contribution in [3.05, 3.63) is 66.6 Å². The van der Waals surface area contributed by atoms with Crippen molar-refractivity contribution < 1.29 is 0 Å². The molecule has 0 aliphatic rings. The smallest absolute Gasteiger partial charge is 0.162 e. The van der Waals surface area contributed by atoms with Crippen LogP contribution < -0.4 is 11.1 Å². The average molecular weight is 368 g/mol. The molecular weight excluding hydrogens is 352 g/mol. The predicted molar refractivity (Wildman–Crippen MR) is 108 cm³/mol. The maximum Gasteiger partial charge on any atom is 0.162 e. The summed E-state index contributed by atoms with van der Waals surface area (Å²) in [6.45, 7) is 1.80. The van der Waals surface area contributed by atoms with Crippen LogP contribution in [0.15, 0.2) is 60.8 Å². The topological polar surface area (TPSA) is 107 Å². The summed E-state index contributed by atoms with van der Waals surface area (Å²) in [6, 6.07) is 17.3. The molecule has 8 nitrogen and oxygen atoms in total. The number of aryl methyl sites for hydroxylation is 1. The van der Waals surface area contributed by atoms with Gasteiger partial charge in [-0.2, -0.15) is 5.10 Å². The maximum atomic E-state index is 5.94. The maximum absolute atomic E-state index is 5.94. The Morgan fingerprint density at radius 2 is 1.82 bits per heavy atom. The number of nitrogen functional groups attached to an aromatic ring is 1. The van der Waals surface area contributed by atoms with Crippen LogP contribution in [0, 0.1) is 6.92 Å². The Morgan fingerprint density at radius 1 is 0.929 bits per heavy atom. The third kappa shape index (κ3) is 2.77. The molecule has 0 fully saturated rings. The first-order valence-electron chi connectivity index (χ1n) is 8.75. The molecule has 0 saturated heterocycles. The van der Waals surface area contributed by atoms with Crippen LogP contribution in [0.1, 0.15) is 5.82 Å². The fourth-order valence-corrected chi connectivity index (χ4v) is 3.17. The number of fused-ring (bicyclic) bond motifs is 2. The lowest BCUT2D eigenvalue weighted by Gasteiger charge is -2.08. The molecule has 1 aromatic carbocycles. The van der Waals surface area contributed by atoms with Crippen LogP contribution in [-0.4, -0.2) is 29.5 Å². The van der Waals surface area contributed by atoms with Crippen LogP contribution in [0.3, 0.4) is 0 Å². The molecule has 0 bridgehead atoms. The molecule has 0 spiro atoms. The number of hydrogen-bond acceptors (Lipinski definition) is 7. The number of imidazole rings is 1. The van der Waals surface area contributed by atoms with Crippen LogP contribution in [0.5, 0.6) is 0 Å². The molecule has 0 amide bonds. The summed E-state index contributed by atoms with van der Waals surface area (Å²) in [5.41, 5.74) is 8.87. The van der Waals surface area contributed by atoms with Gasteiger partial charge in [0.1, 0.15) is 23.2 Å². The zero-order valence-corrected chi connectivity index (χ0v) is 15.0. The van der Waals surface area contributed by atoms with Gasteiger partial charge in [0.2, 0.25) is 0 Å². The van der Waals surface area contributed by atoms with Gasteiger partial charge in [0.05, 0.1) is 11.2 Å². The molecule has 0 radical (unpaired) electrons. The summed E-state index contributed by atoms with van der Waals surface area (Å²) in [7, 11) is 0. The minimum atomic E-state index is 0.392. The van der Waals surface area contributed by atoms with Crippen molar-refractivity contribution in [3.8, 4) is 11.4 Å². The van der Waals surface area contributed by atoms with Gasteiger partial charge in [0.25, 0.3) is 0 Å². The van der Waals surface area contributed by atoms with E-state index in [1.54, 1.807) is 23.7 Å². The summed E-state index contributed by atoms with van der Waals surface area (Å²) >= 11 is 0. The monoisotopic (exact) mass is 368 g/mol. The molecule has 5 rings (SSSR count). The van der Waals surface area contributed by atoms with E-state index in [0.29, 0.717) is 40.3 Å². The van der Waals surface area contributed by atoms with Gasteiger partial charge in [0, 0.05) is 17.6 Å². The van der Waals surface area contributed by atoms with Crippen LogP contribution in [0.2, 0.25) is 0 Å². The summed E-state index contributed by atoms with van der Waals surface area (Å²) < 4.78 is 1.73. The third-order valence-corrected chi connectivity index (χ3v) is 4.34. The number of hydrogen-bond donors (Lipinski definition) is 2. The molecule has 5 aromatic rings. The van der Waals surface area contributed by atoms with E-state index in [1.165, 1.54) is 0 Å². The number of pyridine rings is 1. The largest absolute Gasteiger partial charge is 0.384 e. The van der Waals surface area contributed by atoms with Crippen LogP contribution in [0.25, 0.3) is 27.9 Å². The van der Waals surface area contributed by atoms with Gasteiger partial charge in [0.15, 0.2) is 11.5 Å². The zero-order chi connectivity index (χ0) is 19.1. The van der Waals surface area contributed by atoms with E-state index in [1.807, 2.05) is 48.5 Å². The number of aromatic nitrogens is 6. The van der Waals surface area contributed by atoms with Crippen molar-refractivity contribution in [1.82, 2.24) is 29.5 Å². The highest BCUT2D eigenvalue weighted by Gasteiger charge is 2.18. The van der Waals surface area contributed by atoms with Crippen LogP contribution in [0.4, 0.5) is 17.5 Å². The first kappa shape index (κ1) is 16.1. The van der Waals surface area contributed by atoms with Crippen molar-refractivity contribution in [3.63, 3.8) is 0 Å². The van der Waals surface area contributed by atoms with E-state index in [4.69, 9.17) is 5.73 Å². The Morgan fingerprint density at radius 3 is 2.71 bits per heavy atom. The molecule has 28 heavy (non-hydrogen) atoms. The number of rotatable bonds is 3. The Bertz CT molecular complexity index is 1300. The Kier molecular flexibility index (Phi) is 3.61. The van der Waals surface area contributed by atoms with E-state index in [2.05, 4.69) is 30.4 Å². The van der Waals surface area contributed by atoms with Crippen molar-refractivity contribution >= 4 is 34.0 Å². The van der Waals surface area contributed by atoms with E-state index in [9.17, 15) is 0 Å². The zero-order valence-electron chi connectivity index (χ0n) is 15.0. The molecule has 0 saturated carbocycles. The summed E-state index contributed by atoms with van der Waals surface area (Å²) in [6.07, 6.45) is 1.70. The average Bonchev–Trinajstić information content (AvgIpc) is 3.05. The molecule has 0 atom stereocenters. The fourth-order valence-electron chi connectivity index (χ4n) is 3.17. The Hall–Kier alpha value is -4.07. The molecule has 4 heterocycles. The lowest BCUT2D eigenvalue weighted by Crippen LogP contribution is -2.02. The van der Waals surface area contributed by atoms with E-state index in [-0.39, 0.29) is 0 Å². The number of benzene rings is 1. The van der Waals surface area contributed by atoms with Gasteiger partial charge in [-0.15, -0.1) is 0 Å². The Balaban J connectivity index is 1.68. The number of nitrogens with two attached hydrogens (primary N) is 1. The van der Waals surface area contributed by atoms with Gasteiger partial charge >= 0.3 is 0 Å². The van der Waals surface area contributed by atoms with Crippen molar-refractivity contribution in [1.29, 1.82) is 0 Å². The van der Waals surface area contributed by atoms with Crippen LogP contribution in [-0.2, 0) is 0 Å². The summed E-state index contributed by atoms with van der Waals surface area (Å²) in [5.74, 6) is 2.25. The highest BCUT2D eigenvalue weighted by molar-refractivity contribution is 5.82. The molecule has 0 unspecified atom stereocenters. The standard InChI is InChI=1S/C20H16N8/c1-12-23-15(11-16(21)24-12)19-20(27-18-7-4-10-22-28(18)19)26-17-9-8-13-5-2-3-6-14(13)25-17/h2-11H,1H3,(H,25,26)(H2,21,23,24). The Labute approximate surface area is 160 Å². The van der Waals surface area contributed by atoms with Crippen molar-refractivity contribution in [2.75, 3.05) is 11.1 Å². The molecule has 3 N–H and O–H groups in total. The minimum absolute atomic E-state index is 0.392. The molecule has 136 valence electrons. The highest BCUT2D eigenvalue weighted by Crippen LogP contribution is 2.30. The molecule has 0 aliphatic carbocycles. The lowest BCUT2D eigenvalue weighted by atomic mass is 10.2. The van der Waals surface area contributed by atoms with E-state index in [0.717, 1.165) is 10.9 Å². The second-order valence-electron chi connectivity index (χ2n) is 6.34. The molecule has 0 aliphatic heterocycles. The SMILES string of the molecule is Cc1nc(N)cc(-c2c(Nc3ccc4ccccc4n3)nc3cccnn23)n1. The fraction of sp³-hybridized carbons (Fsp3) is 0.0500. The van der Waals surface area contributed by atoms with Gasteiger partial charge in [-0.05, 0) is 37.3 Å².